The van der Waals surface area contributed by atoms with Gasteiger partial charge in [-0.1, -0.05) is 0 Å². The molecule has 1 amide bonds. The zero-order chi connectivity index (χ0) is 11.8. The van der Waals surface area contributed by atoms with Gasteiger partial charge < -0.3 is 15.3 Å². The van der Waals surface area contributed by atoms with Gasteiger partial charge in [0.05, 0.1) is 0 Å². The average molecular weight is 228 g/mol. The molecule has 1 unspecified atom stereocenters. The second-order valence-corrected chi connectivity index (χ2v) is 4.74. The quantitative estimate of drug-likeness (QED) is 0.700. The van der Waals surface area contributed by atoms with Gasteiger partial charge in [-0.2, -0.15) is 0 Å². The number of nitrogens with zero attached hydrogens (tertiary/aromatic N) is 1. The Labute approximate surface area is 98.0 Å². The van der Waals surface area contributed by atoms with E-state index >= 15 is 0 Å². The maximum absolute atomic E-state index is 11.3. The number of aliphatic hydroxyl groups is 1. The molecule has 2 N–H and O–H groups in total. The number of nitrogens with one attached hydrogen (secondary N) is 1. The van der Waals surface area contributed by atoms with Gasteiger partial charge in [0, 0.05) is 26.1 Å². The predicted molar refractivity (Wildman–Crippen MR) is 64.2 cm³/mol. The van der Waals surface area contributed by atoms with Crippen LogP contribution in [0.2, 0.25) is 0 Å². The summed E-state index contributed by atoms with van der Waals surface area (Å²) in [5.74, 6) is 0.801. The van der Waals surface area contributed by atoms with Gasteiger partial charge in [-0.3, -0.25) is 4.79 Å². The van der Waals surface area contributed by atoms with Crippen LogP contribution in [-0.2, 0) is 4.79 Å². The number of hydrogen-bond acceptors (Lipinski definition) is 3. The van der Waals surface area contributed by atoms with Crippen LogP contribution in [-0.4, -0.2) is 49.2 Å². The van der Waals surface area contributed by atoms with Crippen molar-refractivity contribution >= 4 is 5.91 Å². The lowest BCUT2D eigenvalue weighted by Crippen LogP contribution is -2.34. The molecule has 0 saturated carbocycles. The number of likely N-dealkylation sites (tertiary alicyclic amines) is 1. The van der Waals surface area contributed by atoms with Crippen molar-refractivity contribution in [2.24, 2.45) is 5.92 Å². The van der Waals surface area contributed by atoms with Crippen LogP contribution in [0.5, 0.6) is 0 Å². The fraction of sp³-hybridized carbons (Fsp3) is 0.917. The maximum Gasteiger partial charge on any atom is 0.220 e. The summed E-state index contributed by atoms with van der Waals surface area (Å²) in [5, 5.41) is 11.5. The number of amides is 1. The molecule has 4 heteroatoms. The molecule has 4 nitrogen and oxygen atoms in total. The summed E-state index contributed by atoms with van der Waals surface area (Å²) in [6.07, 6.45) is 4.66. The standard InChI is InChI=1S/C12H24N2O2/c1-14-8-2-4-11(10-14)6-7-13-12(16)5-3-9-15/h11,15H,2-10H2,1H3,(H,13,16). The largest absolute Gasteiger partial charge is 0.396 e. The van der Waals surface area contributed by atoms with Crippen molar-refractivity contribution in [3.63, 3.8) is 0 Å². The Kier molecular flexibility index (Phi) is 6.42. The molecule has 0 aromatic rings. The highest BCUT2D eigenvalue weighted by Crippen LogP contribution is 2.17. The van der Waals surface area contributed by atoms with E-state index in [0.717, 1.165) is 25.4 Å². The molecule has 0 spiro atoms. The summed E-state index contributed by atoms with van der Waals surface area (Å²) in [6.45, 7) is 3.25. The Balaban J connectivity index is 2.03. The summed E-state index contributed by atoms with van der Waals surface area (Å²) >= 11 is 0. The van der Waals surface area contributed by atoms with Crippen molar-refractivity contribution < 1.29 is 9.90 Å². The molecular formula is C12H24N2O2. The number of piperidine rings is 1. The lowest BCUT2D eigenvalue weighted by molar-refractivity contribution is -0.121. The summed E-state index contributed by atoms with van der Waals surface area (Å²) in [6, 6.07) is 0. The van der Waals surface area contributed by atoms with Gasteiger partial charge in [-0.15, -0.1) is 0 Å². The minimum atomic E-state index is 0.0678. The van der Waals surface area contributed by atoms with E-state index in [2.05, 4.69) is 17.3 Å². The van der Waals surface area contributed by atoms with Gasteiger partial charge in [-0.05, 0) is 45.2 Å². The van der Waals surface area contributed by atoms with Crippen molar-refractivity contribution in [2.45, 2.75) is 32.1 Å². The number of aliphatic hydroxyl groups excluding tert-OH is 1. The zero-order valence-electron chi connectivity index (χ0n) is 10.2. The van der Waals surface area contributed by atoms with Crippen LogP contribution < -0.4 is 5.32 Å². The van der Waals surface area contributed by atoms with Gasteiger partial charge in [0.1, 0.15) is 0 Å². The summed E-state index contributed by atoms with van der Waals surface area (Å²) in [5.41, 5.74) is 0. The van der Waals surface area contributed by atoms with E-state index in [1.165, 1.54) is 19.4 Å². The normalized spacial score (nSPS) is 22.0. The third-order valence-corrected chi connectivity index (χ3v) is 3.16. The molecule has 94 valence electrons. The Morgan fingerprint density at radius 3 is 3.06 bits per heavy atom. The molecule has 0 bridgehead atoms. The first kappa shape index (κ1) is 13.5. The van der Waals surface area contributed by atoms with Gasteiger partial charge in [0.2, 0.25) is 5.91 Å². The van der Waals surface area contributed by atoms with Gasteiger partial charge in [0.25, 0.3) is 0 Å². The molecular weight excluding hydrogens is 204 g/mol. The lowest BCUT2D eigenvalue weighted by Gasteiger charge is -2.29. The zero-order valence-corrected chi connectivity index (χ0v) is 10.2. The van der Waals surface area contributed by atoms with Crippen molar-refractivity contribution in [1.29, 1.82) is 0 Å². The molecule has 0 aromatic heterocycles. The summed E-state index contributed by atoms with van der Waals surface area (Å²) in [7, 11) is 2.16. The van der Waals surface area contributed by atoms with Crippen LogP contribution in [0.4, 0.5) is 0 Å². The Hall–Kier alpha value is -0.610. The molecule has 16 heavy (non-hydrogen) atoms. The molecule has 0 aromatic carbocycles. The molecule has 1 rings (SSSR count). The second kappa shape index (κ2) is 7.63. The van der Waals surface area contributed by atoms with E-state index in [1.807, 2.05) is 0 Å². The van der Waals surface area contributed by atoms with Gasteiger partial charge in [-0.25, -0.2) is 0 Å². The van der Waals surface area contributed by atoms with Crippen LogP contribution in [0.15, 0.2) is 0 Å². The highest BCUT2D eigenvalue weighted by molar-refractivity contribution is 5.75. The SMILES string of the molecule is CN1CCCC(CCNC(=O)CCCO)C1. The van der Waals surface area contributed by atoms with Crippen molar-refractivity contribution in [1.82, 2.24) is 10.2 Å². The molecule has 0 radical (unpaired) electrons. The minimum Gasteiger partial charge on any atom is -0.396 e. The molecule has 1 aliphatic heterocycles. The van der Waals surface area contributed by atoms with E-state index in [4.69, 9.17) is 5.11 Å². The Morgan fingerprint density at radius 2 is 2.38 bits per heavy atom. The fourth-order valence-corrected chi connectivity index (χ4v) is 2.25. The minimum absolute atomic E-state index is 0.0678. The molecule has 1 saturated heterocycles. The van der Waals surface area contributed by atoms with Crippen molar-refractivity contribution in [3.05, 3.63) is 0 Å². The molecule has 1 aliphatic rings. The smallest absolute Gasteiger partial charge is 0.220 e. The Bertz CT molecular complexity index is 209. The maximum atomic E-state index is 11.3. The van der Waals surface area contributed by atoms with Crippen LogP contribution >= 0.6 is 0 Å². The van der Waals surface area contributed by atoms with E-state index in [-0.39, 0.29) is 12.5 Å². The van der Waals surface area contributed by atoms with Crippen molar-refractivity contribution in [2.75, 3.05) is 33.3 Å². The molecule has 1 atom stereocenters. The second-order valence-electron chi connectivity index (χ2n) is 4.74. The van der Waals surface area contributed by atoms with Crippen LogP contribution in [0.25, 0.3) is 0 Å². The first-order valence-corrected chi connectivity index (χ1v) is 6.28. The number of rotatable bonds is 6. The van der Waals surface area contributed by atoms with Crippen LogP contribution in [0.3, 0.4) is 0 Å². The van der Waals surface area contributed by atoms with E-state index in [9.17, 15) is 4.79 Å². The van der Waals surface area contributed by atoms with Crippen LogP contribution in [0, 0.1) is 5.92 Å². The van der Waals surface area contributed by atoms with Gasteiger partial charge >= 0.3 is 0 Å². The third-order valence-electron chi connectivity index (χ3n) is 3.16. The lowest BCUT2D eigenvalue weighted by atomic mass is 9.95. The highest BCUT2D eigenvalue weighted by Gasteiger charge is 2.16. The summed E-state index contributed by atoms with van der Waals surface area (Å²) < 4.78 is 0. The molecule has 1 fully saturated rings. The average Bonchev–Trinajstić information content (AvgIpc) is 2.26. The molecule has 0 aliphatic carbocycles. The first-order chi connectivity index (χ1) is 7.72. The van der Waals surface area contributed by atoms with Gasteiger partial charge in [0.15, 0.2) is 0 Å². The van der Waals surface area contributed by atoms with E-state index < -0.39 is 0 Å². The number of carbonyl (C=O) groups is 1. The first-order valence-electron chi connectivity index (χ1n) is 6.28. The highest BCUT2D eigenvalue weighted by atomic mass is 16.3. The monoisotopic (exact) mass is 228 g/mol. The Morgan fingerprint density at radius 1 is 1.56 bits per heavy atom. The van der Waals surface area contributed by atoms with Crippen molar-refractivity contribution in [3.8, 4) is 0 Å². The van der Waals surface area contributed by atoms with E-state index in [0.29, 0.717) is 12.8 Å². The van der Waals surface area contributed by atoms with E-state index in [1.54, 1.807) is 0 Å². The molecule has 1 heterocycles. The number of hydrogen-bond donors (Lipinski definition) is 2. The fourth-order valence-electron chi connectivity index (χ4n) is 2.25. The van der Waals surface area contributed by atoms with Crippen LogP contribution in [0.1, 0.15) is 32.1 Å². The predicted octanol–water partition coefficient (Wildman–Crippen LogP) is 0.607. The third kappa shape index (κ3) is 5.47. The summed E-state index contributed by atoms with van der Waals surface area (Å²) in [4.78, 5) is 13.6. The number of carbonyl (C=O) groups excluding carboxylic acids is 1. The topological polar surface area (TPSA) is 52.6 Å².